The van der Waals surface area contributed by atoms with Crippen molar-refractivity contribution in [1.29, 1.82) is 0 Å². The van der Waals surface area contributed by atoms with E-state index in [1.165, 1.54) is 7.11 Å². The largest absolute Gasteiger partial charge is 0.489 e. The number of halogens is 1. The van der Waals surface area contributed by atoms with E-state index in [9.17, 15) is 4.79 Å². The van der Waals surface area contributed by atoms with Crippen LogP contribution >= 0.6 is 11.6 Å². The molecule has 5 nitrogen and oxygen atoms in total. The number of carbonyl (C=O) groups excluding carboxylic acids is 1. The number of carbonyl (C=O) groups is 1. The number of ether oxygens (including phenoxy) is 3. The molecule has 3 rings (SSSR count). The summed E-state index contributed by atoms with van der Waals surface area (Å²) in [4.78, 5) is 11.9. The second-order valence-corrected chi connectivity index (χ2v) is 6.15. The van der Waals surface area contributed by atoms with Crippen molar-refractivity contribution in [3.05, 3.63) is 64.7 Å². The molecule has 0 aliphatic carbocycles. The van der Waals surface area contributed by atoms with E-state index in [1.807, 2.05) is 42.5 Å². The standard InChI is InChI=1S/C20H20ClNO4/c1-22-20(23)19(12-24-2)26-13-7-8-16-14(9-10-25-18(16)11-13)15-5-3-4-6-17(15)21/h3-9,11,19H,10,12H2,1-2H3,(H,22,23). The van der Waals surface area contributed by atoms with Crippen LogP contribution < -0.4 is 14.8 Å². The van der Waals surface area contributed by atoms with Gasteiger partial charge < -0.3 is 19.5 Å². The second kappa shape index (κ2) is 8.25. The Kier molecular flexibility index (Phi) is 5.81. The van der Waals surface area contributed by atoms with Gasteiger partial charge in [0, 0.05) is 36.4 Å². The summed E-state index contributed by atoms with van der Waals surface area (Å²) in [5.41, 5.74) is 2.90. The number of amides is 1. The smallest absolute Gasteiger partial charge is 0.263 e. The van der Waals surface area contributed by atoms with Gasteiger partial charge in [0.2, 0.25) is 0 Å². The Morgan fingerprint density at radius 3 is 2.81 bits per heavy atom. The summed E-state index contributed by atoms with van der Waals surface area (Å²) in [7, 11) is 3.08. The van der Waals surface area contributed by atoms with Crippen molar-refractivity contribution < 1.29 is 19.0 Å². The van der Waals surface area contributed by atoms with Crippen LogP contribution in [0.1, 0.15) is 11.1 Å². The van der Waals surface area contributed by atoms with Crippen LogP contribution in [0.5, 0.6) is 11.5 Å². The minimum absolute atomic E-state index is 0.155. The van der Waals surface area contributed by atoms with Gasteiger partial charge in [-0.1, -0.05) is 29.8 Å². The van der Waals surface area contributed by atoms with Gasteiger partial charge in [-0.3, -0.25) is 4.79 Å². The fraction of sp³-hybridized carbons (Fsp3) is 0.250. The molecule has 0 saturated carbocycles. The molecule has 0 bridgehead atoms. The molecule has 1 heterocycles. The quantitative estimate of drug-likeness (QED) is 0.844. The molecule has 2 aromatic carbocycles. The van der Waals surface area contributed by atoms with E-state index in [0.717, 1.165) is 16.7 Å². The number of methoxy groups -OCH3 is 1. The monoisotopic (exact) mass is 373 g/mol. The molecule has 0 saturated heterocycles. The van der Waals surface area contributed by atoms with Crippen molar-refractivity contribution in [3.63, 3.8) is 0 Å². The molecule has 0 radical (unpaired) electrons. The molecule has 1 aliphatic heterocycles. The average molecular weight is 374 g/mol. The number of nitrogens with one attached hydrogen (secondary N) is 1. The molecule has 6 heteroatoms. The minimum atomic E-state index is -0.731. The molecular weight excluding hydrogens is 354 g/mol. The molecule has 26 heavy (non-hydrogen) atoms. The third kappa shape index (κ3) is 3.84. The van der Waals surface area contributed by atoms with Crippen molar-refractivity contribution in [1.82, 2.24) is 5.32 Å². The predicted molar refractivity (Wildman–Crippen MR) is 101 cm³/mol. The van der Waals surface area contributed by atoms with E-state index < -0.39 is 6.10 Å². The highest BCUT2D eigenvalue weighted by Gasteiger charge is 2.22. The number of benzene rings is 2. The molecule has 0 fully saturated rings. The average Bonchev–Trinajstić information content (AvgIpc) is 2.67. The Morgan fingerprint density at radius 2 is 2.08 bits per heavy atom. The Balaban J connectivity index is 1.88. The van der Waals surface area contributed by atoms with Crippen molar-refractivity contribution in [2.24, 2.45) is 0 Å². The first-order valence-electron chi connectivity index (χ1n) is 8.23. The number of rotatable bonds is 6. The minimum Gasteiger partial charge on any atom is -0.489 e. The van der Waals surface area contributed by atoms with Crippen molar-refractivity contribution in [2.45, 2.75) is 6.10 Å². The van der Waals surface area contributed by atoms with E-state index in [0.29, 0.717) is 23.1 Å². The number of hydrogen-bond donors (Lipinski definition) is 1. The maximum absolute atomic E-state index is 11.9. The van der Waals surface area contributed by atoms with Crippen LogP contribution in [0.15, 0.2) is 48.5 Å². The van der Waals surface area contributed by atoms with Crippen molar-refractivity contribution in [2.75, 3.05) is 27.4 Å². The molecule has 1 aliphatic rings. The molecule has 0 spiro atoms. The molecule has 0 aromatic heterocycles. The van der Waals surface area contributed by atoms with E-state index in [2.05, 4.69) is 5.32 Å². The van der Waals surface area contributed by atoms with Gasteiger partial charge in [-0.2, -0.15) is 0 Å². The van der Waals surface area contributed by atoms with E-state index in [1.54, 1.807) is 13.1 Å². The summed E-state index contributed by atoms with van der Waals surface area (Å²) in [6, 6.07) is 13.2. The summed E-state index contributed by atoms with van der Waals surface area (Å²) in [5.74, 6) is 0.977. The van der Waals surface area contributed by atoms with Gasteiger partial charge >= 0.3 is 0 Å². The van der Waals surface area contributed by atoms with Gasteiger partial charge in [0.15, 0.2) is 6.10 Å². The summed E-state index contributed by atoms with van der Waals surface area (Å²) in [6.45, 7) is 0.594. The van der Waals surface area contributed by atoms with Crippen LogP contribution in [-0.4, -0.2) is 39.4 Å². The van der Waals surface area contributed by atoms with Crippen LogP contribution in [0.25, 0.3) is 5.57 Å². The molecule has 1 atom stereocenters. The van der Waals surface area contributed by atoms with Crippen molar-refractivity contribution >= 4 is 23.1 Å². The van der Waals surface area contributed by atoms with E-state index in [4.69, 9.17) is 25.8 Å². The van der Waals surface area contributed by atoms with Gasteiger partial charge in [-0.25, -0.2) is 0 Å². The second-order valence-electron chi connectivity index (χ2n) is 5.74. The molecule has 2 aromatic rings. The zero-order valence-electron chi connectivity index (χ0n) is 14.6. The van der Waals surface area contributed by atoms with Crippen LogP contribution in [-0.2, 0) is 9.53 Å². The number of hydrogen-bond acceptors (Lipinski definition) is 4. The first kappa shape index (κ1) is 18.3. The van der Waals surface area contributed by atoms with Gasteiger partial charge in [0.25, 0.3) is 5.91 Å². The SMILES string of the molecule is CNC(=O)C(COC)Oc1ccc2c(c1)OCC=C2c1ccccc1Cl. The van der Waals surface area contributed by atoms with E-state index in [-0.39, 0.29) is 12.5 Å². The Labute approximate surface area is 157 Å². The van der Waals surface area contributed by atoms with Gasteiger partial charge in [-0.15, -0.1) is 0 Å². The van der Waals surface area contributed by atoms with Crippen LogP contribution in [0.2, 0.25) is 5.02 Å². The van der Waals surface area contributed by atoms with Gasteiger partial charge in [0.05, 0.1) is 6.61 Å². The van der Waals surface area contributed by atoms with Crippen molar-refractivity contribution in [3.8, 4) is 11.5 Å². The molecule has 1 unspecified atom stereocenters. The fourth-order valence-electron chi connectivity index (χ4n) is 2.82. The van der Waals surface area contributed by atoms with Crippen LogP contribution in [0, 0.1) is 0 Å². The maximum atomic E-state index is 11.9. The highest BCUT2D eigenvalue weighted by Crippen LogP contribution is 2.38. The van der Waals surface area contributed by atoms with Gasteiger partial charge in [0.1, 0.15) is 18.1 Å². The molecular formula is C20H20ClNO4. The van der Waals surface area contributed by atoms with E-state index >= 15 is 0 Å². The fourth-order valence-corrected chi connectivity index (χ4v) is 3.05. The van der Waals surface area contributed by atoms with Gasteiger partial charge in [-0.05, 0) is 29.8 Å². The zero-order valence-corrected chi connectivity index (χ0v) is 15.4. The lowest BCUT2D eigenvalue weighted by Gasteiger charge is -2.22. The lowest BCUT2D eigenvalue weighted by Crippen LogP contribution is -2.39. The third-order valence-electron chi connectivity index (χ3n) is 4.07. The Morgan fingerprint density at radius 1 is 1.27 bits per heavy atom. The third-order valence-corrected chi connectivity index (χ3v) is 4.40. The normalized spacial score (nSPS) is 13.9. The summed E-state index contributed by atoms with van der Waals surface area (Å²) >= 11 is 6.35. The number of likely N-dealkylation sites (N-methyl/N-ethyl adjacent to an activating group) is 1. The number of fused-ring (bicyclic) bond motifs is 1. The Bertz CT molecular complexity index is 834. The Hall–Kier alpha value is -2.50. The first-order valence-corrected chi connectivity index (χ1v) is 8.61. The zero-order chi connectivity index (χ0) is 18.5. The lowest BCUT2D eigenvalue weighted by molar-refractivity contribution is -0.129. The molecule has 1 N–H and O–H groups in total. The summed E-state index contributed by atoms with van der Waals surface area (Å²) in [6.07, 6.45) is 1.27. The highest BCUT2D eigenvalue weighted by atomic mass is 35.5. The van der Waals surface area contributed by atoms with Crippen LogP contribution in [0.4, 0.5) is 0 Å². The summed E-state index contributed by atoms with van der Waals surface area (Å²) < 4.78 is 16.6. The lowest BCUT2D eigenvalue weighted by atomic mass is 9.95. The topological polar surface area (TPSA) is 56.8 Å². The maximum Gasteiger partial charge on any atom is 0.263 e. The highest BCUT2D eigenvalue weighted by molar-refractivity contribution is 6.32. The molecule has 1 amide bonds. The first-order chi connectivity index (χ1) is 12.6. The summed E-state index contributed by atoms with van der Waals surface area (Å²) in [5, 5.41) is 3.26. The van der Waals surface area contributed by atoms with Crippen LogP contribution in [0.3, 0.4) is 0 Å². The molecule has 136 valence electrons. The predicted octanol–water partition coefficient (Wildman–Crippen LogP) is 3.30.